The van der Waals surface area contributed by atoms with E-state index in [1.165, 1.54) is 5.56 Å². The molecule has 280 valence electrons. The molecule has 4 aliphatic rings. The minimum Gasteiger partial charge on any atom is -0.507 e. The summed E-state index contributed by atoms with van der Waals surface area (Å²) < 4.78 is 11.0. The van der Waals surface area contributed by atoms with Gasteiger partial charge < -0.3 is 39.3 Å². The standard InChI is InChI=1S/C39H50N10O4/c1-4-52-38(51)36(25(2)3)34-20-35(45-53-34)47-15-11-28(12-16-47)46-13-9-26(10-14-46)27-21-41-39(42-22-27)48-17-18-49-29(24-48)23-40-37-32(49)19-31(43-44-37)30-7-5-6-8-33(30)50/h5-8,19-22,25-26,28-29,36,50H,4,9-18,23-24H2,1-3H3,(H,40,44)/t29-,36?/m0/s1. The molecular formula is C39H50N10O4. The van der Waals surface area contributed by atoms with Gasteiger partial charge in [0.25, 0.3) is 0 Å². The molecule has 14 nitrogen and oxygen atoms in total. The molecule has 4 aliphatic heterocycles. The highest BCUT2D eigenvalue weighted by Crippen LogP contribution is 2.37. The number of carbonyl (C=O) groups excluding carboxylic acids is 1. The number of likely N-dealkylation sites (tertiary alicyclic amines) is 1. The van der Waals surface area contributed by atoms with Gasteiger partial charge in [-0.15, -0.1) is 10.2 Å². The van der Waals surface area contributed by atoms with Gasteiger partial charge >= 0.3 is 5.97 Å². The molecule has 1 aromatic carbocycles. The van der Waals surface area contributed by atoms with Crippen molar-refractivity contribution in [3.63, 3.8) is 0 Å². The smallest absolute Gasteiger partial charge is 0.317 e. The Hall–Kier alpha value is -4.98. The number of nitrogens with one attached hydrogen (secondary N) is 1. The molecule has 8 rings (SSSR count). The lowest BCUT2D eigenvalue weighted by Crippen LogP contribution is -2.58. The van der Waals surface area contributed by atoms with Crippen LogP contribution in [0.2, 0.25) is 0 Å². The number of esters is 1. The normalized spacial score (nSPS) is 20.5. The lowest BCUT2D eigenvalue weighted by molar-refractivity contribution is -0.146. The number of fused-ring (bicyclic) bond motifs is 3. The number of benzene rings is 1. The van der Waals surface area contributed by atoms with Gasteiger partial charge in [-0.1, -0.05) is 31.1 Å². The summed E-state index contributed by atoms with van der Waals surface area (Å²) in [5.41, 5.74) is 3.58. The summed E-state index contributed by atoms with van der Waals surface area (Å²) in [5, 5.41) is 27.0. The highest BCUT2D eigenvalue weighted by atomic mass is 16.5. The summed E-state index contributed by atoms with van der Waals surface area (Å²) in [6.45, 7) is 13.4. The van der Waals surface area contributed by atoms with E-state index in [1.807, 2.05) is 63.5 Å². The fourth-order valence-corrected chi connectivity index (χ4v) is 8.58. The second-order valence-corrected chi connectivity index (χ2v) is 15.1. The van der Waals surface area contributed by atoms with E-state index in [0.29, 0.717) is 35.6 Å². The highest BCUT2D eigenvalue weighted by Gasteiger charge is 2.35. The average molecular weight is 723 g/mol. The number of aromatic hydroxyl groups is 1. The molecule has 3 saturated heterocycles. The van der Waals surface area contributed by atoms with Gasteiger partial charge in [0.05, 0.1) is 24.0 Å². The number of piperazine rings is 1. The molecule has 53 heavy (non-hydrogen) atoms. The topological polar surface area (TPSA) is 149 Å². The van der Waals surface area contributed by atoms with Crippen LogP contribution in [0.1, 0.15) is 69.6 Å². The van der Waals surface area contributed by atoms with Crippen LogP contribution in [-0.4, -0.2) is 112 Å². The molecule has 3 aromatic heterocycles. The molecule has 3 fully saturated rings. The molecule has 0 aliphatic carbocycles. The van der Waals surface area contributed by atoms with Crippen LogP contribution in [0.5, 0.6) is 5.75 Å². The number of aromatic nitrogens is 5. The Bertz CT molecular complexity index is 1870. The molecule has 0 radical (unpaired) electrons. The number of carbonyl (C=O) groups is 1. The summed E-state index contributed by atoms with van der Waals surface area (Å²) in [5.74, 6) is 2.99. The number of anilines is 4. The first-order chi connectivity index (χ1) is 25.9. The van der Waals surface area contributed by atoms with Gasteiger partial charge in [-0.25, -0.2) is 9.97 Å². The monoisotopic (exact) mass is 722 g/mol. The number of rotatable bonds is 9. The zero-order valence-corrected chi connectivity index (χ0v) is 30.9. The van der Waals surface area contributed by atoms with Gasteiger partial charge in [-0.3, -0.25) is 4.79 Å². The third-order valence-electron chi connectivity index (χ3n) is 11.5. The van der Waals surface area contributed by atoms with E-state index in [0.717, 1.165) is 101 Å². The molecule has 4 aromatic rings. The van der Waals surface area contributed by atoms with Crippen molar-refractivity contribution >= 4 is 29.2 Å². The predicted molar refractivity (Wildman–Crippen MR) is 202 cm³/mol. The number of piperidine rings is 2. The highest BCUT2D eigenvalue weighted by molar-refractivity contribution is 5.78. The molecule has 14 heteroatoms. The molecule has 0 spiro atoms. The number of nitrogens with zero attached hydrogens (tertiary/aromatic N) is 9. The average Bonchev–Trinajstić information content (AvgIpc) is 3.67. The van der Waals surface area contributed by atoms with Crippen molar-refractivity contribution in [2.45, 2.75) is 70.4 Å². The minimum atomic E-state index is -0.441. The Balaban J connectivity index is 0.820. The van der Waals surface area contributed by atoms with Crippen LogP contribution in [-0.2, 0) is 9.53 Å². The van der Waals surface area contributed by atoms with Crippen LogP contribution in [0.4, 0.5) is 23.3 Å². The zero-order chi connectivity index (χ0) is 36.5. The lowest BCUT2D eigenvalue weighted by Gasteiger charge is -2.45. The van der Waals surface area contributed by atoms with Crippen LogP contribution >= 0.6 is 0 Å². The maximum absolute atomic E-state index is 12.6. The van der Waals surface area contributed by atoms with Crippen molar-refractivity contribution in [3.8, 4) is 17.0 Å². The zero-order valence-electron chi connectivity index (χ0n) is 30.9. The number of para-hydroxylation sites is 1. The summed E-state index contributed by atoms with van der Waals surface area (Å²) in [6, 6.07) is 12.0. The van der Waals surface area contributed by atoms with Crippen molar-refractivity contribution in [1.82, 2.24) is 30.2 Å². The van der Waals surface area contributed by atoms with E-state index in [4.69, 9.17) is 19.2 Å². The molecule has 1 unspecified atom stereocenters. The minimum absolute atomic E-state index is 0.0625. The van der Waals surface area contributed by atoms with Gasteiger partial charge in [-0.2, -0.15) is 0 Å². The van der Waals surface area contributed by atoms with E-state index in [9.17, 15) is 9.90 Å². The fourth-order valence-electron chi connectivity index (χ4n) is 8.58. The van der Waals surface area contributed by atoms with E-state index in [2.05, 4.69) is 40.3 Å². The maximum atomic E-state index is 12.6. The summed E-state index contributed by atoms with van der Waals surface area (Å²) in [4.78, 5) is 31.9. The summed E-state index contributed by atoms with van der Waals surface area (Å²) >= 11 is 0. The molecule has 0 saturated carbocycles. The Kier molecular flexibility index (Phi) is 10.0. The first-order valence-electron chi connectivity index (χ1n) is 19.2. The van der Waals surface area contributed by atoms with Gasteiger partial charge in [0.15, 0.2) is 17.4 Å². The fraction of sp³-hybridized carbons (Fsp3) is 0.538. The van der Waals surface area contributed by atoms with E-state index in [1.54, 1.807) is 6.07 Å². The SMILES string of the molecule is CCOC(=O)C(c1cc(N2CCC(N3CCC(c4cnc(N5CCN6c7cc(-c8ccccc8O)nnc7NC[C@H]6C5)nc4)CC3)CC2)no1)C(C)C. The van der Waals surface area contributed by atoms with E-state index >= 15 is 0 Å². The number of phenols is 1. The van der Waals surface area contributed by atoms with Gasteiger partial charge in [0.2, 0.25) is 5.95 Å². The molecule has 2 N–H and O–H groups in total. The second kappa shape index (κ2) is 15.2. The van der Waals surface area contributed by atoms with E-state index < -0.39 is 5.92 Å². The van der Waals surface area contributed by atoms with Crippen LogP contribution in [0.15, 0.2) is 53.3 Å². The number of hydrogen-bond acceptors (Lipinski definition) is 14. The van der Waals surface area contributed by atoms with Crippen molar-refractivity contribution in [2.24, 2.45) is 5.92 Å². The third-order valence-corrected chi connectivity index (χ3v) is 11.5. The van der Waals surface area contributed by atoms with Crippen LogP contribution < -0.4 is 20.0 Å². The molecular weight excluding hydrogens is 672 g/mol. The third kappa shape index (κ3) is 7.20. The van der Waals surface area contributed by atoms with Gasteiger partial charge in [0, 0.05) is 69.3 Å². The number of hydrogen-bond donors (Lipinski definition) is 2. The number of ether oxygens (including phenoxy) is 1. The van der Waals surface area contributed by atoms with Gasteiger partial charge in [0.1, 0.15) is 11.7 Å². The Morgan fingerprint density at radius 1 is 0.962 bits per heavy atom. The molecule has 7 heterocycles. The first-order valence-corrected chi connectivity index (χ1v) is 19.2. The second-order valence-electron chi connectivity index (χ2n) is 15.1. The lowest BCUT2D eigenvalue weighted by atomic mass is 9.89. The summed E-state index contributed by atoms with van der Waals surface area (Å²) in [7, 11) is 0. The Morgan fingerprint density at radius 2 is 1.74 bits per heavy atom. The van der Waals surface area contributed by atoms with Crippen LogP contribution in [0, 0.1) is 5.92 Å². The van der Waals surface area contributed by atoms with Crippen molar-refractivity contribution < 1.29 is 19.2 Å². The largest absolute Gasteiger partial charge is 0.507 e. The molecule has 2 atom stereocenters. The molecule has 0 bridgehead atoms. The first kappa shape index (κ1) is 35.1. The van der Waals surface area contributed by atoms with Crippen molar-refractivity contribution in [1.29, 1.82) is 0 Å². The van der Waals surface area contributed by atoms with Crippen LogP contribution in [0.3, 0.4) is 0 Å². The van der Waals surface area contributed by atoms with Crippen LogP contribution in [0.25, 0.3) is 11.3 Å². The van der Waals surface area contributed by atoms with Crippen molar-refractivity contribution in [2.75, 3.05) is 79.0 Å². The van der Waals surface area contributed by atoms with Crippen molar-refractivity contribution in [3.05, 3.63) is 60.1 Å². The maximum Gasteiger partial charge on any atom is 0.317 e. The van der Waals surface area contributed by atoms with E-state index in [-0.39, 0.29) is 23.7 Å². The predicted octanol–water partition coefficient (Wildman–Crippen LogP) is 4.90. The molecule has 0 amide bonds. The number of phenolic OH excluding ortho intramolecular Hbond substituents is 1. The van der Waals surface area contributed by atoms with Gasteiger partial charge in [-0.05, 0) is 81.3 Å². The Labute approximate surface area is 310 Å². The Morgan fingerprint density at radius 3 is 2.47 bits per heavy atom. The summed E-state index contributed by atoms with van der Waals surface area (Å²) in [6.07, 6.45) is 8.48. The quantitative estimate of drug-likeness (QED) is 0.226.